The van der Waals surface area contributed by atoms with Gasteiger partial charge in [-0.15, -0.1) is 0 Å². The second-order valence-corrected chi connectivity index (χ2v) is 6.72. The van der Waals surface area contributed by atoms with Gasteiger partial charge in [0.2, 0.25) is 5.91 Å². The van der Waals surface area contributed by atoms with Crippen molar-refractivity contribution >= 4 is 11.6 Å². The highest BCUT2D eigenvalue weighted by Crippen LogP contribution is 2.42. The molecule has 2 aromatic carbocycles. The summed E-state index contributed by atoms with van der Waals surface area (Å²) in [6.07, 6.45) is 1.91. The number of aromatic nitrogens is 2. The summed E-state index contributed by atoms with van der Waals surface area (Å²) in [6, 6.07) is 16.2. The number of benzene rings is 2. The maximum Gasteiger partial charge on any atom is 0.236 e. The van der Waals surface area contributed by atoms with Crippen molar-refractivity contribution in [1.29, 1.82) is 0 Å². The van der Waals surface area contributed by atoms with Crippen molar-refractivity contribution in [1.82, 2.24) is 9.97 Å². The number of rotatable bonds is 2. The monoisotopic (exact) mass is 317 g/mol. The second kappa shape index (κ2) is 5.06. The topological polar surface area (TPSA) is 49.0 Å². The summed E-state index contributed by atoms with van der Waals surface area (Å²) in [7, 11) is 1.83. The fraction of sp³-hybridized carbons (Fsp3) is 0.200. The van der Waals surface area contributed by atoms with Crippen LogP contribution in [0.3, 0.4) is 0 Å². The van der Waals surface area contributed by atoms with E-state index in [9.17, 15) is 4.79 Å². The zero-order chi connectivity index (χ0) is 16.9. The Labute approximate surface area is 141 Å². The first-order chi connectivity index (χ1) is 11.5. The van der Waals surface area contributed by atoms with E-state index in [-0.39, 0.29) is 5.91 Å². The summed E-state index contributed by atoms with van der Waals surface area (Å²) < 4.78 is 0. The Kier molecular flexibility index (Phi) is 3.10. The van der Waals surface area contributed by atoms with Crippen LogP contribution in [0.2, 0.25) is 0 Å². The minimum atomic E-state index is -0.501. The zero-order valence-corrected chi connectivity index (χ0v) is 14.0. The van der Waals surface area contributed by atoms with Crippen molar-refractivity contribution in [3.63, 3.8) is 0 Å². The van der Waals surface area contributed by atoms with Crippen LogP contribution in [-0.2, 0) is 10.2 Å². The molecule has 4 heteroatoms. The zero-order valence-electron chi connectivity index (χ0n) is 14.0. The van der Waals surface area contributed by atoms with Gasteiger partial charge in [-0.25, -0.2) is 4.98 Å². The molecule has 120 valence electrons. The molecule has 1 aliphatic rings. The Bertz CT molecular complexity index is 925. The molecule has 1 aliphatic heterocycles. The standard InChI is InChI=1S/C20H19N3O/c1-20(2)15-11-14(9-10-17(15)23(3)19(20)24)16-12-21-18(22-16)13-7-5-4-6-8-13/h4-12H,1-3H3,(H,21,22). The number of nitrogens with zero attached hydrogens (tertiary/aromatic N) is 2. The number of likely N-dealkylation sites (N-methyl/N-ethyl adjacent to an activating group) is 1. The molecule has 1 N–H and O–H groups in total. The molecule has 2 heterocycles. The Morgan fingerprint density at radius 1 is 1.04 bits per heavy atom. The number of aromatic amines is 1. The quantitative estimate of drug-likeness (QED) is 0.776. The summed E-state index contributed by atoms with van der Waals surface area (Å²) in [5.41, 5.74) is 4.49. The van der Waals surface area contributed by atoms with E-state index >= 15 is 0 Å². The molecule has 24 heavy (non-hydrogen) atoms. The first-order valence-corrected chi connectivity index (χ1v) is 8.02. The predicted molar refractivity (Wildman–Crippen MR) is 95.9 cm³/mol. The number of hydrogen-bond donors (Lipinski definition) is 1. The van der Waals surface area contributed by atoms with E-state index < -0.39 is 5.41 Å². The Morgan fingerprint density at radius 2 is 1.79 bits per heavy atom. The molecule has 1 aromatic heterocycles. The molecule has 0 aliphatic carbocycles. The average Bonchev–Trinajstić information content (AvgIpc) is 3.16. The van der Waals surface area contributed by atoms with Gasteiger partial charge in [-0.1, -0.05) is 36.4 Å². The smallest absolute Gasteiger partial charge is 0.236 e. The van der Waals surface area contributed by atoms with Crippen LogP contribution in [0.25, 0.3) is 22.6 Å². The van der Waals surface area contributed by atoms with Gasteiger partial charge < -0.3 is 9.88 Å². The van der Waals surface area contributed by atoms with Gasteiger partial charge in [-0.2, -0.15) is 0 Å². The number of anilines is 1. The molecule has 0 saturated heterocycles. The summed E-state index contributed by atoms with van der Waals surface area (Å²) in [5.74, 6) is 0.972. The third-order valence-electron chi connectivity index (χ3n) is 4.79. The maximum atomic E-state index is 12.4. The van der Waals surface area contributed by atoms with Gasteiger partial charge in [-0.3, -0.25) is 4.79 Å². The third-order valence-corrected chi connectivity index (χ3v) is 4.79. The average molecular weight is 317 g/mol. The molecule has 0 saturated carbocycles. The molecule has 0 bridgehead atoms. The number of carbonyl (C=O) groups excluding carboxylic acids is 1. The summed E-state index contributed by atoms with van der Waals surface area (Å²) in [4.78, 5) is 22.1. The summed E-state index contributed by atoms with van der Waals surface area (Å²) in [5, 5.41) is 0. The summed E-state index contributed by atoms with van der Waals surface area (Å²) >= 11 is 0. The normalized spacial score (nSPS) is 15.6. The van der Waals surface area contributed by atoms with E-state index in [1.165, 1.54) is 0 Å². The van der Waals surface area contributed by atoms with Gasteiger partial charge in [0.1, 0.15) is 5.82 Å². The van der Waals surface area contributed by atoms with Crippen LogP contribution in [-0.4, -0.2) is 22.9 Å². The molecule has 0 spiro atoms. The van der Waals surface area contributed by atoms with Crippen LogP contribution >= 0.6 is 0 Å². The fourth-order valence-electron chi connectivity index (χ4n) is 3.35. The van der Waals surface area contributed by atoms with E-state index in [0.717, 1.165) is 33.9 Å². The number of carbonyl (C=O) groups is 1. The lowest BCUT2D eigenvalue weighted by atomic mass is 9.85. The van der Waals surface area contributed by atoms with Gasteiger partial charge in [0.25, 0.3) is 0 Å². The highest BCUT2D eigenvalue weighted by Gasteiger charge is 2.42. The molecule has 3 aromatic rings. The molecule has 1 amide bonds. The van der Waals surface area contributed by atoms with Crippen LogP contribution in [0.4, 0.5) is 5.69 Å². The highest BCUT2D eigenvalue weighted by molar-refractivity contribution is 6.07. The number of imidazole rings is 1. The largest absolute Gasteiger partial charge is 0.344 e. The van der Waals surface area contributed by atoms with Gasteiger partial charge in [-0.05, 0) is 31.5 Å². The van der Waals surface area contributed by atoms with Crippen LogP contribution in [0.1, 0.15) is 19.4 Å². The Balaban J connectivity index is 1.76. The van der Waals surface area contributed by atoms with Crippen molar-refractivity contribution in [3.05, 3.63) is 60.3 Å². The van der Waals surface area contributed by atoms with Crippen molar-refractivity contribution in [2.24, 2.45) is 0 Å². The van der Waals surface area contributed by atoms with E-state index in [1.807, 2.05) is 69.6 Å². The van der Waals surface area contributed by atoms with Crippen molar-refractivity contribution in [2.45, 2.75) is 19.3 Å². The fourth-order valence-corrected chi connectivity index (χ4v) is 3.35. The number of amides is 1. The predicted octanol–water partition coefficient (Wildman–Crippen LogP) is 4.00. The van der Waals surface area contributed by atoms with E-state index in [2.05, 4.69) is 11.1 Å². The molecule has 4 rings (SSSR count). The molecule has 0 radical (unpaired) electrons. The molecule has 0 unspecified atom stereocenters. The Morgan fingerprint density at radius 3 is 2.54 bits per heavy atom. The van der Waals surface area contributed by atoms with Crippen LogP contribution in [0.5, 0.6) is 0 Å². The lowest BCUT2D eigenvalue weighted by molar-refractivity contribution is -0.121. The van der Waals surface area contributed by atoms with Crippen molar-refractivity contribution in [2.75, 3.05) is 11.9 Å². The maximum absolute atomic E-state index is 12.4. The van der Waals surface area contributed by atoms with E-state index in [0.29, 0.717) is 0 Å². The number of nitrogens with one attached hydrogen (secondary N) is 1. The van der Waals surface area contributed by atoms with Crippen molar-refractivity contribution in [3.8, 4) is 22.6 Å². The SMILES string of the molecule is CN1C(=O)C(C)(C)c2cc(-c3c[nH]c(-c4ccccc4)n3)ccc21. The van der Waals surface area contributed by atoms with Gasteiger partial charge in [0.05, 0.1) is 11.1 Å². The first-order valence-electron chi connectivity index (χ1n) is 8.02. The molecule has 0 atom stereocenters. The van der Waals surface area contributed by atoms with Crippen LogP contribution < -0.4 is 4.90 Å². The molecular formula is C20H19N3O. The lowest BCUT2D eigenvalue weighted by Gasteiger charge is -2.16. The molecule has 0 fully saturated rings. The van der Waals surface area contributed by atoms with Gasteiger partial charge >= 0.3 is 0 Å². The van der Waals surface area contributed by atoms with Crippen molar-refractivity contribution < 1.29 is 4.79 Å². The minimum Gasteiger partial charge on any atom is -0.344 e. The number of hydrogen-bond acceptors (Lipinski definition) is 2. The number of fused-ring (bicyclic) bond motifs is 1. The molecular weight excluding hydrogens is 298 g/mol. The lowest BCUT2D eigenvalue weighted by Crippen LogP contribution is -2.33. The van der Waals surface area contributed by atoms with E-state index in [1.54, 1.807) is 4.90 Å². The van der Waals surface area contributed by atoms with Crippen LogP contribution in [0.15, 0.2) is 54.7 Å². The summed E-state index contributed by atoms with van der Waals surface area (Å²) in [6.45, 7) is 3.95. The first kappa shape index (κ1) is 14.7. The second-order valence-electron chi connectivity index (χ2n) is 6.72. The Hall–Kier alpha value is -2.88. The van der Waals surface area contributed by atoms with Gasteiger partial charge in [0, 0.05) is 30.1 Å². The third kappa shape index (κ3) is 2.07. The minimum absolute atomic E-state index is 0.127. The van der Waals surface area contributed by atoms with Gasteiger partial charge in [0.15, 0.2) is 0 Å². The number of H-pyrrole nitrogens is 1. The van der Waals surface area contributed by atoms with E-state index in [4.69, 9.17) is 4.98 Å². The highest BCUT2D eigenvalue weighted by atomic mass is 16.2. The molecule has 4 nitrogen and oxygen atoms in total. The van der Waals surface area contributed by atoms with Crippen LogP contribution in [0, 0.1) is 0 Å².